The van der Waals surface area contributed by atoms with Crippen molar-refractivity contribution in [3.05, 3.63) is 24.3 Å². The van der Waals surface area contributed by atoms with Gasteiger partial charge in [-0.05, 0) is 37.1 Å². The number of benzene rings is 1. The molecule has 0 amide bonds. The Hall–Kier alpha value is -2.15. The molecule has 0 saturated heterocycles. The lowest BCUT2D eigenvalue weighted by molar-refractivity contribution is -0.133. The van der Waals surface area contributed by atoms with Gasteiger partial charge in [-0.15, -0.1) is 0 Å². The maximum absolute atomic E-state index is 10.7. The van der Waals surface area contributed by atoms with Gasteiger partial charge in [0, 0.05) is 24.6 Å². The summed E-state index contributed by atoms with van der Waals surface area (Å²) >= 11 is 0. The van der Waals surface area contributed by atoms with Crippen LogP contribution in [0.1, 0.15) is 19.3 Å². The van der Waals surface area contributed by atoms with Crippen molar-refractivity contribution in [2.24, 2.45) is 0 Å². The summed E-state index contributed by atoms with van der Waals surface area (Å²) in [6.45, 7) is 0.881. The Morgan fingerprint density at radius 1 is 1.21 bits per heavy atom. The fourth-order valence-electron chi connectivity index (χ4n) is 1.47. The zero-order chi connectivity index (χ0) is 13.9. The van der Waals surface area contributed by atoms with Crippen LogP contribution in [0.15, 0.2) is 24.3 Å². The van der Waals surface area contributed by atoms with E-state index < -0.39 is 5.97 Å². The summed E-state index contributed by atoms with van der Waals surface area (Å²) in [5, 5.41) is 3.31. The fraction of sp³-hybridized carbons (Fsp3) is 0.400. The molecule has 4 heteroatoms. The van der Waals surface area contributed by atoms with Gasteiger partial charge in [-0.2, -0.15) is 0 Å². The van der Waals surface area contributed by atoms with Crippen LogP contribution in [-0.2, 0) is 9.53 Å². The SMILES string of the molecule is COC(=O)C#CCCCCNc1ccc(OC)cc1. The quantitative estimate of drug-likeness (QED) is 0.370. The third kappa shape index (κ3) is 6.37. The zero-order valence-corrected chi connectivity index (χ0v) is 11.4. The number of esters is 1. The lowest BCUT2D eigenvalue weighted by Crippen LogP contribution is -2.01. The summed E-state index contributed by atoms with van der Waals surface area (Å²) < 4.78 is 9.51. The van der Waals surface area contributed by atoms with Crippen LogP contribution in [-0.4, -0.2) is 26.7 Å². The maximum atomic E-state index is 10.7. The first-order valence-corrected chi connectivity index (χ1v) is 6.21. The highest BCUT2D eigenvalue weighted by Crippen LogP contribution is 2.14. The molecule has 0 fully saturated rings. The van der Waals surface area contributed by atoms with Gasteiger partial charge in [-0.3, -0.25) is 0 Å². The molecular weight excluding hydrogens is 242 g/mol. The van der Waals surface area contributed by atoms with Gasteiger partial charge in [-0.1, -0.05) is 5.92 Å². The minimum Gasteiger partial charge on any atom is -0.497 e. The normalized spacial score (nSPS) is 9.16. The molecule has 1 aromatic rings. The minimum absolute atomic E-state index is 0.476. The summed E-state index contributed by atoms with van der Waals surface area (Å²) in [6, 6.07) is 7.81. The molecule has 0 aliphatic carbocycles. The molecule has 0 radical (unpaired) electrons. The zero-order valence-electron chi connectivity index (χ0n) is 11.4. The van der Waals surface area contributed by atoms with E-state index in [0.29, 0.717) is 6.42 Å². The third-order valence-corrected chi connectivity index (χ3v) is 2.52. The van der Waals surface area contributed by atoms with Gasteiger partial charge in [0.1, 0.15) is 5.75 Å². The van der Waals surface area contributed by atoms with E-state index in [1.54, 1.807) is 7.11 Å². The van der Waals surface area contributed by atoms with Crippen molar-refractivity contribution in [3.8, 4) is 17.6 Å². The van der Waals surface area contributed by atoms with E-state index in [1.165, 1.54) is 7.11 Å². The lowest BCUT2D eigenvalue weighted by Gasteiger charge is -2.06. The Kier molecular flexibility index (Phi) is 6.96. The van der Waals surface area contributed by atoms with Gasteiger partial charge < -0.3 is 14.8 Å². The predicted molar refractivity (Wildman–Crippen MR) is 75.1 cm³/mol. The van der Waals surface area contributed by atoms with Crippen molar-refractivity contribution in [1.29, 1.82) is 0 Å². The molecule has 1 rings (SSSR count). The monoisotopic (exact) mass is 261 g/mol. The summed E-state index contributed by atoms with van der Waals surface area (Å²) in [7, 11) is 2.98. The van der Waals surface area contributed by atoms with Crippen LogP contribution in [0.25, 0.3) is 0 Å². The largest absolute Gasteiger partial charge is 0.497 e. The van der Waals surface area contributed by atoms with Gasteiger partial charge in [0.2, 0.25) is 0 Å². The first-order valence-electron chi connectivity index (χ1n) is 6.21. The topological polar surface area (TPSA) is 47.6 Å². The van der Waals surface area contributed by atoms with Crippen LogP contribution in [0.5, 0.6) is 5.75 Å². The highest BCUT2D eigenvalue weighted by Gasteiger charge is 1.93. The molecule has 0 bridgehead atoms. The summed E-state index contributed by atoms with van der Waals surface area (Å²) in [5.74, 6) is 5.56. The second-order valence-electron chi connectivity index (χ2n) is 3.91. The molecule has 0 unspecified atom stereocenters. The Labute approximate surface area is 114 Å². The van der Waals surface area contributed by atoms with Crippen molar-refractivity contribution < 1.29 is 14.3 Å². The predicted octanol–water partition coefficient (Wildman–Crippen LogP) is 2.45. The molecule has 4 nitrogen and oxygen atoms in total. The van der Waals surface area contributed by atoms with Gasteiger partial charge in [0.25, 0.3) is 0 Å². The van der Waals surface area contributed by atoms with Crippen molar-refractivity contribution in [2.75, 3.05) is 26.1 Å². The number of carbonyl (C=O) groups excluding carboxylic acids is 1. The second-order valence-corrected chi connectivity index (χ2v) is 3.91. The molecule has 0 spiro atoms. The number of nitrogens with one attached hydrogen (secondary N) is 1. The van der Waals surface area contributed by atoms with Crippen molar-refractivity contribution in [3.63, 3.8) is 0 Å². The first kappa shape index (κ1) is 14.9. The number of rotatable bonds is 6. The number of ether oxygens (including phenoxy) is 2. The Morgan fingerprint density at radius 2 is 1.95 bits per heavy atom. The third-order valence-electron chi connectivity index (χ3n) is 2.52. The molecule has 102 valence electrons. The number of methoxy groups -OCH3 is 2. The van der Waals surface area contributed by atoms with E-state index in [2.05, 4.69) is 21.9 Å². The number of carbonyl (C=O) groups is 1. The summed E-state index contributed by atoms with van der Waals surface area (Å²) in [5.41, 5.74) is 1.07. The molecule has 0 aliphatic heterocycles. The maximum Gasteiger partial charge on any atom is 0.384 e. The summed E-state index contributed by atoms with van der Waals surface area (Å²) in [6.07, 6.45) is 2.66. The van der Waals surface area contributed by atoms with E-state index >= 15 is 0 Å². The molecule has 1 N–H and O–H groups in total. The van der Waals surface area contributed by atoms with Crippen LogP contribution in [0.4, 0.5) is 5.69 Å². The van der Waals surface area contributed by atoms with Gasteiger partial charge >= 0.3 is 5.97 Å². The van der Waals surface area contributed by atoms with Crippen LogP contribution in [0.3, 0.4) is 0 Å². The van der Waals surface area contributed by atoms with Crippen LogP contribution < -0.4 is 10.1 Å². The molecule has 1 aromatic carbocycles. The van der Waals surface area contributed by atoms with E-state index in [1.807, 2.05) is 24.3 Å². The first-order chi connectivity index (χ1) is 9.26. The standard InChI is InChI=1S/C15H19NO3/c1-18-14-10-8-13(9-11-14)16-12-6-4-3-5-7-15(17)19-2/h8-11,16H,3-4,6,12H2,1-2H3. The van der Waals surface area contributed by atoms with Crippen LogP contribution in [0.2, 0.25) is 0 Å². The Bertz CT molecular complexity index is 443. The average molecular weight is 261 g/mol. The molecule has 0 aliphatic rings. The fourth-order valence-corrected chi connectivity index (χ4v) is 1.47. The molecule has 0 aromatic heterocycles. The van der Waals surface area contributed by atoms with Crippen LogP contribution in [0, 0.1) is 11.8 Å². The highest BCUT2D eigenvalue weighted by molar-refractivity contribution is 5.88. The Morgan fingerprint density at radius 3 is 2.58 bits per heavy atom. The van der Waals surface area contributed by atoms with Gasteiger partial charge in [-0.25, -0.2) is 4.79 Å². The Balaban J connectivity index is 2.13. The van der Waals surface area contributed by atoms with Gasteiger partial charge in [0.15, 0.2) is 0 Å². The van der Waals surface area contributed by atoms with E-state index in [9.17, 15) is 4.79 Å². The number of unbranched alkanes of at least 4 members (excludes halogenated alkanes) is 2. The van der Waals surface area contributed by atoms with E-state index in [0.717, 1.165) is 30.8 Å². The molecular formula is C15H19NO3. The van der Waals surface area contributed by atoms with E-state index in [-0.39, 0.29) is 0 Å². The van der Waals surface area contributed by atoms with Gasteiger partial charge in [0.05, 0.1) is 14.2 Å². The molecule has 0 heterocycles. The highest BCUT2D eigenvalue weighted by atomic mass is 16.5. The number of hydrogen-bond acceptors (Lipinski definition) is 4. The average Bonchev–Trinajstić information content (AvgIpc) is 2.46. The number of hydrogen-bond donors (Lipinski definition) is 1. The van der Waals surface area contributed by atoms with Crippen molar-refractivity contribution in [2.45, 2.75) is 19.3 Å². The molecule has 19 heavy (non-hydrogen) atoms. The number of anilines is 1. The van der Waals surface area contributed by atoms with E-state index in [4.69, 9.17) is 4.74 Å². The molecule has 0 atom stereocenters. The van der Waals surface area contributed by atoms with Crippen molar-refractivity contribution in [1.82, 2.24) is 0 Å². The second kappa shape index (κ2) is 8.87. The molecule has 0 saturated carbocycles. The minimum atomic E-state index is -0.476. The van der Waals surface area contributed by atoms with Crippen LogP contribution >= 0.6 is 0 Å². The lowest BCUT2D eigenvalue weighted by atomic mass is 10.2. The van der Waals surface area contributed by atoms with Crippen molar-refractivity contribution >= 4 is 11.7 Å². The smallest absolute Gasteiger partial charge is 0.384 e. The summed E-state index contributed by atoms with van der Waals surface area (Å²) in [4.78, 5) is 10.7.